The zero-order valence-corrected chi connectivity index (χ0v) is 13.9. The highest BCUT2D eigenvalue weighted by molar-refractivity contribution is 5.96. The summed E-state index contributed by atoms with van der Waals surface area (Å²) < 4.78 is 5.76. The van der Waals surface area contributed by atoms with Gasteiger partial charge in [-0.05, 0) is 26.0 Å². The molecule has 22 heavy (non-hydrogen) atoms. The highest BCUT2D eigenvalue weighted by Gasteiger charge is 2.26. The molecule has 5 heteroatoms. The van der Waals surface area contributed by atoms with Crippen LogP contribution in [0.25, 0.3) is 0 Å². The van der Waals surface area contributed by atoms with E-state index in [0.29, 0.717) is 11.4 Å². The van der Waals surface area contributed by atoms with Crippen LogP contribution in [0.2, 0.25) is 0 Å². The number of para-hydroxylation sites is 2. The highest BCUT2D eigenvalue weighted by atomic mass is 16.5. The first-order chi connectivity index (χ1) is 10.2. The van der Waals surface area contributed by atoms with Crippen LogP contribution in [-0.2, 0) is 9.59 Å². The first kappa shape index (κ1) is 18.0. The molecule has 0 saturated carbocycles. The summed E-state index contributed by atoms with van der Waals surface area (Å²) in [7, 11) is 0. The Morgan fingerprint density at radius 1 is 1.14 bits per heavy atom. The fourth-order valence-corrected chi connectivity index (χ4v) is 2.00. The van der Waals surface area contributed by atoms with Gasteiger partial charge in [-0.3, -0.25) is 9.59 Å². The highest BCUT2D eigenvalue weighted by Crippen LogP contribution is 2.30. The second-order valence-electron chi connectivity index (χ2n) is 5.98. The van der Waals surface area contributed by atoms with Gasteiger partial charge in [0.25, 0.3) is 0 Å². The third-order valence-corrected chi connectivity index (χ3v) is 3.16. The van der Waals surface area contributed by atoms with Crippen molar-refractivity contribution in [1.82, 2.24) is 0 Å². The van der Waals surface area contributed by atoms with Crippen molar-refractivity contribution in [3.63, 3.8) is 0 Å². The molecule has 1 aromatic carbocycles. The van der Waals surface area contributed by atoms with Crippen LogP contribution in [0.5, 0.6) is 5.75 Å². The molecule has 1 atom stereocenters. The van der Waals surface area contributed by atoms with Crippen LogP contribution in [0.15, 0.2) is 24.3 Å². The average Bonchev–Trinajstić information content (AvgIpc) is 2.43. The van der Waals surface area contributed by atoms with Crippen molar-refractivity contribution < 1.29 is 19.4 Å². The van der Waals surface area contributed by atoms with E-state index < -0.39 is 11.9 Å². The predicted octanol–water partition coefficient (Wildman–Crippen LogP) is 3.18. The van der Waals surface area contributed by atoms with Crippen LogP contribution in [-0.4, -0.2) is 29.6 Å². The fraction of sp³-hybridized carbons (Fsp3) is 0.529. The number of aliphatic carboxylic acids is 1. The van der Waals surface area contributed by atoms with Gasteiger partial charge in [0, 0.05) is 12.5 Å². The molecule has 0 aliphatic carbocycles. The van der Waals surface area contributed by atoms with Crippen LogP contribution in [0.4, 0.5) is 5.69 Å². The molecule has 1 aromatic rings. The van der Waals surface area contributed by atoms with E-state index in [9.17, 15) is 9.59 Å². The number of carbonyl (C=O) groups excluding carboxylic acids is 1. The number of carboxylic acids is 1. The first-order valence-corrected chi connectivity index (χ1v) is 7.53. The molecule has 0 fully saturated rings. The minimum Gasteiger partial charge on any atom is -0.489 e. The SMILES string of the molecule is CC(C)Oc1ccccc1N(CC(C)C(=O)O)C(=O)C(C)C. The summed E-state index contributed by atoms with van der Waals surface area (Å²) in [6.07, 6.45) is -0.0333. The van der Waals surface area contributed by atoms with Gasteiger partial charge in [-0.25, -0.2) is 0 Å². The smallest absolute Gasteiger partial charge is 0.308 e. The van der Waals surface area contributed by atoms with Gasteiger partial charge < -0.3 is 14.7 Å². The van der Waals surface area contributed by atoms with E-state index in [1.807, 2.05) is 26.0 Å². The topological polar surface area (TPSA) is 66.8 Å². The number of hydrogen-bond donors (Lipinski definition) is 1. The van der Waals surface area contributed by atoms with Crippen LogP contribution in [0, 0.1) is 11.8 Å². The van der Waals surface area contributed by atoms with E-state index >= 15 is 0 Å². The first-order valence-electron chi connectivity index (χ1n) is 7.53. The van der Waals surface area contributed by atoms with Crippen LogP contribution in [0.1, 0.15) is 34.6 Å². The molecule has 0 bridgehead atoms. The Balaban J connectivity index is 3.21. The molecular weight excluding hydrogens is 282 g/mol. The van der Waals surface area contributed by atoms with Crippen LogP contribution in [0.3, 0.4) is 0 Å². The van der Waals surface area contributed by atoms with Crippen LogP contribution >= 0.6 is 0 Å². The Kier molecular flexibility index (Phi) is 6.40. The number of amides is 1. The Hall–Kier alpha value is -2.04. The van der Waals surface area contributed by atoms with Crippen molar-refractivity contribution in [1.29, 1.82) is 0 Å². The van der Waals surface area contributed by atoms with Gasteiger partial charge in [-0.15, -0.1) is 0 Å². The van der Waals surface area contributed by atoms with Gasteiger partial charge in [0.1, 0.15) is 5.75 Å². The summed E-state index contributed by atoms with van der Waals surface area (Å²) in [5.74, 6) is -1.34. The fourth-order valence-electron chi connectivity index (χ4n) is 2.00. The van der Waals surface area contributed by atoms with Crippen LogP contribution < -0.4 is 9.64 Å². The van der Waals surface area contributed by atoms with Gasteiger partial charge in [-0.2, -0.15) is 0 Å². The summed E-state index contributed by atoms with van der Waals surface area (Å²) in [6.45, 7) is 9.12. The monoisotopic (exact) mass is 307 g/mol. The van der Waals surface area contributed by atoms with E-state index in [-0.39, 0.29) is 24.5 Å². The number of nitrogens with zero attached hydrogens (tertiary/aromatic N) is 1. The average molecular weight is 307 g/mol. The molecule has 0 saturated heterocycles. The van der Waals surface area contributed by atoms with E-state index in [1.165, 1.54) is 4.90 Å². The van der Waals surface area contributed by atoms with Crippen molar-refractivity contribution in [3.8, 4) is 5.75 Å². The standard InChI is InChI=1S/C17H25NO4/c1-11(2)16(19)18(10-13(5)17(20)21)14-8-6-7-9-15(14)22-12(3)4/h6-9,11-13H,10H2,1-5H3,(H,20,21). The lowest BCUT2D eigenvalue weighted by Crippen LogP contribution is -2.39. The van der Waals surface area contributed by atoms with E-state index in [2.05, 4.69) is 0 Å². The van der Waals surface area contributed by atoms with Gasteiger partial charge in [0.05, 0.1) is 17.7 Å². The Morgan fingerprint density at radius 2 is 1.73 bits per heavy atom. The van der Waals surface area contributed by atoms with Crippen molar-refractivity contribution in [2.45, 2.75) is 40.7 Å². The lowest BCUT2D eigenvalue weighted by Gasteiger charge is -2.28. The lowest BCUT2D eigenvalue weighted by atomic mass is 10.1. The van der Waals surface area contributed by atoms with E-state index in [1.54, 1.807) is 32.9 Å². The Morgan fingerprint density at radius 3 is 2.23 bits per heavy atom. The number of carboxylic acid groups (broad SMARTS) is 1. The zero-order valence-electron chi connectivity index (χ0n) is 13.9. The number of ether oxygens (including phenoxy) is 1. The molecule has 1 N–H and O–H groups in total. The number of hydrogen-bond acceptors (Lipinski definition) is 3. The Labute approximate surface area is 131 Å². The molecule has 1 amide bonds. The van der Waals surface area contributed by atoms with Crippen molar-refractivity contribution in [2.24, 2.45) is 11.8 Å². The molecule has 5 nitrogen and oxygen atoms in total. The largest absolute Gasteiger partial charge is 0.489 e. The lowest BCUT2D eigenvalue weighted by molar-refractivity contribution is -0.140. The van der Waals surface area contributed by atoms with Crippen molar-refractivity contribution in [2.75, 3.05) is 11.4 Å². The zero-order chi connectivity index (χ0) is 16.9. The molecule has 0 radical (unpaired) electrons. The maximum Gasteiger partial charge on any atom is 0.308 e. The number of carbonyl (C=O) groups is 2. The normalized spacial score (nSPS) is 12.3. The summed E-state index contributed by atoms with van der Waals surface area (Å²) in [5, 5.41) is 9.14. The number of rotatable bonds is 7. The molecule has 0 aliphatic rings. The van der Waals surface area contributed by atoms with Gasteiger partial charge in [-0.1, -0.05) is 32.9 Å². The second kappa shape index (κ2) is 7.82. The quantitative estimate of drug-likeness (QED) is 0.840. The van der Waals surface area contributed by atoms with Gasteiger partial charge in [0.2, 0.25) is 5.91 Å². The van der Waals surface area contributed by atoms with Gasteiger partial charge >= 0.3 is 5.97 Å². The molecule has 1 rings (SSSR count). The van der Waals surface area contributed by atoms with E-state index in [4.69, 9.17) is 9.84 Å². The molecule has 0 heterocycles. The molecular formula is C17H25NO4. The second-order valence-corrected chi connectivity index (χ2v) is 5.98. The van der Waals surface area contributed by atoms with Crippen molar-refractivity contribution in [3.05, 3.63) is 24.3 Å². The predicted molar refractivity (Wildman–Crippen MR) is 86.2 cm³/mol. The minimum atomic E-state index is -0.927. The minimum absolute atomic E-state index is 0.0333. The summed E-state index contributed by atoms with van der Waals surface area (Å²) in [4.78, 5) is 25.2. The third kappa shape index (κ3) is 4.76. The number of anilines is 1. The summed E-state index contributed by atoms with van der Waals surface area (Å²) in [5.41, 5.74) is 0.614. The molecule has 0 spiro atoms. The van der Waals surface area contributed by atoms with Crippen molar-refractivity contribution >= 4 is 17.6 Å². The summed E-state index contributed by atoms with van der Waals surface area (Å²) in [6, 6.07) is 7.22. The molecule has 0 aromatic heterocycles. The maximum atomic E-state index is 12.5. The molecule has 0 aliphatic heterocycles. The molecule has 1 unspecified atom stereocenters. The Bertz CT molecular complexity index is 525. The third-order valence-electron chi connectivity index (χ3n) is 3.16. The number of benzene rings is 1. The maximum absolute atomic E-state index is 12.5. The molecule has 122 valence electrons. The van der Waals surface area contributed by atoms with Gasteiger partial charge in [0.15, 0.2) is 0 Å². The van der Waals surface area contributed by atoms with E-state index in [0.717, 1.165) is 0 Å². The summed E-state index contributed by atoms with van der Waals surface area (Å²) >= 11 is 0.